The van der Waals surface area contributed by atoms with E-state index in [1.165, 1.54) is 0 Å². The third kappa shape index (κ3) is 2.82. The van der Waals surface area contributed by atoms with Gasteiger partial charge in [-0.25, -0.2) is 0 Å². The lowest BCUT2D eigenvalue weighted by Crippen LogP contribution is -2.25. The number of amides is 1. The summed E-state index contributed by atoms with van der Waals surface area (Å²) in [5.41, 5.74) is 1.02. The van der Waals surface area contributed by atoms with Crippen LogP contribution in [-0.2, 0) is 11.3 Å². The molecule has 1 aliphatic rings. The average Bonchev–Trinajstić information content (AvgIpc) is 2.73. The molecule has 1 heterocycles. The predicted octanol–water partition coefficient (Wildman–Crippen LogP) is 1.43. The highest BCUT2D eigenvalue weighted by molar-refractivity contribution is 5.78. The molecule has 0 aliphatic carbocycles. The van der Waals surface area contributed by atoms with Gasteiger partial charge in [0.25, 0.3) is 0 Å². The molecule has 0 spiro atoms. The van der Waals surface area contributed by atoms with Gasteiger partial charge in [0.05, 0.1) is 6.61 Å². The van der Waals surface area contributed by atoms with Crippen LogP contribution in [-0.4, -0.2) is 35.7 Å². The largest absolute Gasteiger partial charge is 0.494 e. The number of ether oxygens (including phenoxy) is 1. The average molecular weight is 249 g/mol. The van der Waals surface area contributed by atoms with E-state index in [2.05, 4.69) is 0 Å². The van der Waals surface area contributed by atoms with Gasteiger partial charge < -0.3 is 14.7 Å². The van der Waals surface area contributed by atoms with Crippen molar-refractivity contribution in [3.63, 3.8) is 0 Å². The summed E-state index contributed by atoms with van der Waals surface area (Å²) >= 11 is 0. The van der Waals surface area contributed by atoms with E-state index in [9.17, 15) is 4.79 Å². The van der Waals surface area contributed by atoms with Gasteiger partial charge in [0.2, 0.25) is 5.91 Å². The van der Waals surface area contributed by atoms with Gasteiger partial charge in [-0.3, -0.25) is 4.79 Å². The van der Waals surface area contributed by atoms with Crippen LogP contribution in [0.15, 0.2) is 24.3 Å². The molecule has 1 amide bonds. The van der Waals surface area contributed by atoms with Gasteiger partial charge >= 0.3 is 0 Å². The molecule has 98 valence electrons. The first-order chi connectivity index (χ1) is 8.74. The van der Waals surface area contributed by atoms with Crippen LogP contribution in [0.25, 0.3) is 0 Å². The number of carbonyl (C=O) groups is 1. The molecule has 0 bridgehead atoms. The Balaban J connectivity index is 2.07. The fourth-order valence-corrected chi connectivity index (χ4v) is 2.27. The van der Waals surface area contributed by atoms with Crippen LogP contribution in [0.4, 0.5) is 0 Å². The summed E-state index contributed by atoms with van der Waals surface area (Å²) in [6, 6.07) is 7.77. The van der Waals surface area contributed by atoms with Crippen molar-refractivity contribution < 1.29 is 14.6 Å². The summed E-state index contributed by atoms with van der Waals surface area (Å²) in [6.07, 6.45) is 0.452. The van der Waals surface area contributed by atoms with Gasteiger partial charge in [-0.05, 0) is 13.0 Å². The fraction of sp³-hybridized carbons (Fsp3) is 0.500. The van der Waals surface area contributed by atoms with E-state index in [-0.39, 0.29) is 18.4 Å². The molecule has 1 aliphatic heterocycles. The second kappa shape index (κ2) is 5.87. The number of aliphatic hydroxyl groups excluding tert-OH is 1. The Morgan fingerprint density at radius 2 is 2.22 bits per heavy atom. The number of carbonyl (C=O) groups excluding carboxylic acids is 1. The smallest absolute Gasteiger partial charge is 0.223 e. The first-order valence-corrected chi connectivity index (χ1v) is 6.34. The van der Waals surface area contributed by atoms with E-state index < -0.39 is 0 Å². The molecule has 2 rings (SSSR count). The van der Waals surface area contributed by atoms with E-state index >= 15 is 0 Å². The van der Waals surface area contributed by atoms with Gasteiger partial charge in [0.15, 0.2) is 0 Å². The number of hydrogen-bond donors (Lipinski definition) is 1. The van der Waals surface area contributed by atoms with Crippen molar-refractivity contribution in [1.82, 2.24) is 4.90 Å². The van der Waals surface area contributed by atoms with Gasteiger partial charge in [-0.15, -0.1) is 0 Å². The molecule has 1 saturated heterocycles. The molecular weight excluding hydrogens is 230 g/mol. The zero-order valence-corrected chi connectivity index (χ0v) is 10.6. The number of aliphatic hydroxyl groups is 1. The Hall–Kier alpha value is -1.55. The zero-order valence-electron chi connectivity index (χ0n) is 10.6. The molecule has 0 aromatic heterocycles. The monoisotopic (exact) mass is 249 g/mol. The fourth-order valence-electron chi connectivity index (χ4n) is 2.27. The molecule has 1 N–H and O–H groups in total. The lowest BCUT2D eigenvalue weighted by atomic mass is 10.1. The normalized spacial score (nSPS) is 19.3. The molecule has 1 unspecified atom stereocenters. The van der Waals surface area contributed by atoms with Crippen molar-refractivity contribution in [2.24, 2.45) is 5.92 Å². The minimum atomic E-state index is 0.0787. The molecule has 1 aromatic rings. The molecule has 1 fully saturated rings. The minimum absolute atomic E-state index is 0.0787. The quantitative estimate of drug-likeness (QED) is 0.858. The van der Waals surface area contributed by atoms with Crippen molar-refractivity contribution in [2.45, 2.75) is 19.9 Å². The lowest BCUT2D eigenvalue weighted by molar-refractivity contribution is -0.128. The van der Waals surface area contributed by atoms with Gasteiger partial charge in [-0.1, -0.05) is 18.2 Å². The highest BCUT2D eigenvalue weighted by Crippen LogP contribution is 2.24. The van der Waals surface area contributed by atoms with Crippen LogP contribution in [0.1, 0.15) is 18.9 Å². The topological polar surface area (TPSA) is 49.8 Å². The summed E-state index contributed by atoms with van der Waals surface area (Å²) in [5, 5.41) is 9.10. The summed E-state index contributed by atoms with van der Waals surface area (Å²) < 4.78 is 5.55. The van der Waals surface area contributed by atoms with Gasteiger partial charge in [-0.2, -0.15) is 0 Å². The van der Waals surface area contributed by atoms with E-state index in [0.29, 0.717) is 26.1 Å². The van der Waals surface area contributed by atoms with E-state index in [0.717, 1.165) is 11.3 Å². The summed E-state index contributed by atoms with van der Waals surface area (Å²) in [6.45, 7) is 3.83. The summed E-state index contributed by atoms with van der Waals surface area (Å²) in [4.78, 5) is 13.6. The van der Waals surface area contributed by atoms with E-state index in [1.54, 1.807) is 4.90 Å². The molecule has 0 saturated carbocycles. The van der Waals surface area contributed by atoms with Crippen molar-refractivity contribution in [3.8, 4) is 5.75 Å². The van der Waals surface area contributed by atoms with Crippen LogP contribution in [0.5, 0.6) is 5.75 Å². The molecule has 4 nitrogen and oxygen atoms in total. The van der Waals surface area contributed by atoms with Crippen molar-refractivity contribution in [2.75, 3.05) is 19.8 Å². The maximum atomic E-state index is 11.8. The Labute approximate surface area is 107 Å². The first-order valence-electron chi connectivity index (χ1n) is 6.34. The van der Waals surface area contributed by atoms with Crippen LogP contribution in [0.2, 0.25) is 0 Å². The minimum Gasteiger partial charge on any atom is -0.494 e. The zero-order chi connectivity index (χ0) is 13.0. The third-order valence-corrected chi connectivity index (χ3v) is 3.19. The van der Waals surface area contributed by atoms with Crippen molar-refractivity contribution in [1.29, 1.82) is 0 Å². The lowest BCUT2D eigenvalue weighted by Gasteiger charge is -2.18. The highest BCUT2D eigenvalue weighted by Gasteiger charge is 2.29. The number of para-hydroxylation sites is 1. The standard InChI is InChI=1S/C14H19NO3/c1-2-18-13-6-4-3-5-12(13)9-15-8-11(10-16)7-14(15)17/h3-6,11,16H,2,7-10H2,1H3. The second-order valence-corrected chi connectivity index (χ2v) is 4.57. The molecule has 1 aromatic carbocycles. The number of benzene rings is 1. The molecule has 4 heteroatoms. The van der Waals surface area contributed by atoms with E-state index in [1.807, 2.05) is 31.2 Å². The van der Waals surface area contributed by atoms with Crippen LogP contribution < -0.4 is 4.74 Å². The Bertz CT molecular complexity index is 419. The van der Waals surface area contributed by atoms with Crippen molar-refractivity contribution >= 4 is 5.91 Å². The Morgan fingerprint density at radius 1 is 1.44 bits per heavy atom. The van der Waals surface area contributed by atoms with Crippen LogP contribution >= 0.6 is 0 Å². The Kier molecular flexibility index (Phi) is 4.20. The summed E-state index contributed by atoms with van der Waals surface area (Å²) in [7, 11) is 0. The first kappa shape index (κ1) is 12.9. The van der Waals surface area contributed by atoms with Gasteiger partial charge in [0.1, 0.15) is 5.75 Å². The van der Waals surface area contributed by atoms with Gasteiger partial charge in [0, 0.05) is 37.6 Å². The Morgan fingerprint density at radius 3 is 2.89 bits per heavy atom. The van der Waals surface area contributed by atoms with E-state index in [4.69, 9.17) is 9.84 Å². The van der Waals surface area contributed by atoms with Crippen LogP contribution in [0, 0.1) is 5.92 Å². The SMILES string of the molecule is CCOc1ccccc1CN1CC(CO)CC1=O. The predicted molar refractivity (Wildman–Crippen MR) is 68.2 cm³/mol. The molecule has 1 atom stereocenters. The maximum absolute atomic E-state index is 11.8. The number of hydrogen-bond acceptors (Lipinski definition) is 3. The van der Waals surface area contributed by atoms with Crippen LogP contribution in [0.3, 0.4) is 0 Å². The number of nitrogens with zero attached hydrogens (tertiary/aromatic N) is 1. The number of likely N-dealkylation sites (tertiary alicyclic amines) is 1. The third-order valence-electron chi connectivity index (χ3n) is 3.19. The maximum Gasteiger partial charge on any atom is 0.223 e. The highest BCUT2D eigenvalue weighted by atomic mass is 16.5. The second-order valence-electron chi connectivity index (χ2n) is 4.57. The number of rotatable bonds is 5. The van der Waals surface area contributed by atoms with Crippen molar-refractivity contribution in [3.05, 3.63) is 29.8 Å². The molecule has 0 radical (unpaired) electrons. The molecule has 18 heavy (non-hydrogen) atoms. The summed E-state index contributed by atoms with van der Waals surface area (Å²) in [5.74, 6) is 1.03. The molecular formula is C14H19NO3.